The van der Waals surface area contributed by atoms with Crippen molar-refractivity contribution >= 4 is 27.5 Å². The molecule has 0 saturated carbocycles. The topological polar surface area (TPSA) is 54.0 Å². The predicted molar refractivity (Wildman–Crippen MR) is 77.5 cm³/mol. The molecule has 0 fully saturated rings. The first-order chi connectivity index (χ1) is 9.81. The molecule has 4 aromatic rings. The number of aromatic nitrogens is 3. The van der Waals surface area contributed by atoms with E-state index in [2.05, 4.69) is 16.3 Å². The second-order valence-electron chi connectivity index (χ2n) is 4.81. The Hall–Kier alpha value is -2.93. The lowest BCUT2D eigenvalue weighted by molar-refractivity contribution is 1.04. The molecule has 0 atom stereocenters. The number of hydrogen-bond donors (Lipinski definition) is 0. The average Bonchev–Trinajstić information content (AvgIpc) is 2.81. The zero-order valence-electron chi connectivity index (χ0n) is 10.8. The van der Waals surface area contributed by atoms with Gasteiger partial charge in [0.15, 0.2) is 5.65 Å². The maximum Gasteiger partial charge on any atom is 0.168 e. The SMILES string of the molecule is Cc1cccc2nnc3c4ccccc4c(C#N)n3c12. The van der Waals surface area contributed by atoms with Gasteiger partial charge in [-0.2, -0.15) is 5.26 Å². The van der Waals surface area contributed by atoms with E-state index in [1.54, 1.807) is 0 Å². The summed E-state index contributed by atoms with van der Waals surface area (Å²) in [6.07, 6.45) is 0. The van der Waals surface area contributed by atoms with Crippen molar-refractivity contribution in [1.29, 1.82) is 5.26 Å². The molecule has 0 aliphatic heterocycles. The molecule has 0 aliphatic carbocycles. The van der Waals surface area contributed by atoms with Gasteiger partial charge in [-0.1, -0.05) is 36.4 Å². The van der Waals surface area contributed by atoms with E-state index in [1.165, 1.54) is 0 Å². The summed E-state index contributed by atoms with van der Waals surface area (Å²) in [5.74, 6) is 0. The van der Waals surface area contributed by atoms with Gasteiger partial charge in [-0.25, -0.2) is 0 Å². The minimum atomic E-state index is 0.616. The predicted octanol–water partition coefficient (Wildman–Crippen LogP) is 3.22. The Labute approximate surface area is 114 Å². The molecule has 0 spiro atoms. The number of fused-ring (bicyclic) bond motifs is 5. The molecule has 0 amide bonds. The Kier molecular flexibility index (Phi) is 2.07. The molecule has 94 valence electrons. The van der Waals surface area contributed by atoms with Crippen LogP contribution in [0.4, 0.5) is 0 Å². The summed E-state index contributed by atoms with van der Waals surface area (Å²) in [5, 5.41) is 20.0. The monoisotopic (exact) mass is 258 g/mol. The van der Waals surface area contributed by atoms with E-state index in [0.29, 0.717) is 5.69 Å². The third-order valence-electron chi connectivity index (χ3n) is 3.66. The number of hydrogen-bond acceptors (Lipinski definition) is 3. The first kappa shape index (κ1) is 10.9. The Bertz CT molecular complexity index is 1020. The van der Waals surface area contributed by atoms with Gasteiger partial charge in [0, 0.05) is 10.8 Å². The highest BCUT2D eigenvalue weighted by molar-refractivity contribution is 6.01. The zero-order chi connectivity index (χ0) is 13.7. The highest BCUT2D eigenvalue weighted by Gasteiger charge is 2.15. The van der Waals surface area contributed by atoms with Gasteiger partial charge < -0.3 is 0 Å². The fourth-order valence-electron chi connectivity index (χ4n) is 2.77. The zero-order valence-corrected chi connectivity index (χ0v) is 10.8. The van der Waals surface area contributed by atoms with Crippen LogP contribution < -0.4 is 0 Å². The number of aryl methyl sites for hydroxylation is 1. The van der Waals surface area contributed by atoms with E-state index >= 15 is 0 Å². The van der Waals surface area contributed by atoms with Gasteiger partial charge >= 0.3 is 0 Å². The van der Waals surface area contributed by atoms with Crippen LogP contribution in [0.1, 0.15) is 11.3 Å². The fourth-order valence-corrected chi connectivity index (χ4v) is 2.77. The summed E-state index contributed by atoms with van der Waals surface area (Å²) in [6, 6.07) is 16.0. The van der Waals surface area contributed by atoms with Gasteiger partial charge in [0.1, 0.15) is 17.3 Å². The summed E-state index contributed by atoms with van der Waals surface area (Å²) in [7, 11) is 0. The van der Waals surface area contributed by atoms with Crippen LogP contribution in [0.15, 0.2) is 42.5 Å². The lowest BCUT2D eigenvalue weighted by atomic mass is 10.2. The van der Waals surface area contributed by atoms with Gasteiger partial charge in [0.25, 0.3) is 0 Å². The molecule has 0 saturated heterocycles. The highest BCUT2D eigenvalue weighted by Crippen LogP contribution is 2.28. The van der Waals surface area contributed by atoms with Crippen molar-refractivity contribution in [2.45, 2.75) is 6.92 Å². The minimum Gasteiger partial charge on any atom is -0.281 e. The number of para-hydroxylation sites is 1. The van der Waals surface area contributed by atoms with Crippen molar-refractivity contribution in [2.75, 3.05) is 0 Å². The summed E-state index contributed by atoms with van der Waals surface area (Å²) in [6.45, 7) is 2.02. The van der Waals surface area contributed by atoms with E-state index < -0.39 is 0 Å². The van der Waals surface area contributed by atoms with Crippen LogP contribution in [0.5, 0.6) is 0 Å². The van der Waals surface area contributed by atoms with Crippen molar-refractivity contribution in [3.8, 4) is 6.07 Å². The van der Waals surface area contributed by atoms with Gasteiger partial charge in [0.05, 0.1) is 5.52 Å². The van der Waals surface area contributed by atoms with Crippen LogP contribution >= 0.6 is 0 Å². The van der Waals surface area contributed by atoms with Crippen LogP contribution in [0.3, 0.4) is 0 Å². The van der Waals surface area contributed by atoms with Crippen LogP contribution in [-0.4, -0.2) is 14.6 Å². The molecule has 4 nitrogen and oxygen atoms in total. The molecule has 0 unspecified atom stereocenters. The Morgan fingerprint density at radius 1 is 1.00 bits per heavy atom. The minimum absolute atomic E-state index is 0.616. The Morgan fingerprint density at radius 3 is 2.60 bits per heavy atom. The molecule has 2 aromatic heterocycles. The molecule has 20 heavy (non-hydrogen) atoms. The lowest BCUT2D eigenvalue weighted by Crippen LogP contribution is -1.98. The highest BCUT2D eigenvalue weighted by atomic mass is 15.2. The van der Waals surface area contributed by atoms with Crippen LogP contribution in [0.25, 0.3) is 27.5 Å². The number of benzene rings is 2. The summed E-state index contributed by atoms with van der Waals surface area (Å²) in [4.78, 5) is 0. The first-order valence-corrected chi connectivity index (χ1v) is 6.36. The smallest absolute Gasteiger partial charge is 0.168 e. The third-order valence-corrected chi connectivity index (χ3v) is 3.66. The number of nitriles is 1. The van der Waals surface area contributed by atoms with Gasteiger partial charge in [-0.05, 0) is 18.6 Å². The lowest BCUT2D eigenvalue weighted by Gasteiger charge is -2.05. The molecule has 4 heteroatoms. The van der Waals surface area contributed by atoms with Crippen molar-refractivity contribution in [3.05, 3.63) is 53.7 Å². The molecule has 2 aromatic carbocycles. The van der Waals surface area contributed by atoms with E-state index in [0.717, 1.165) is 33.0 Å². The first-order valence-electron chi connectivity index (χ1n) is 6.36. The third kappa shape index (κ3) is 1.24. The molecule has 0 N–H and O–H groups in total. The quantitative estimate of drug-likeness (QED) is 0.486. The van der Waals surface area contributed by atoms with Crippen molar-refractivity contribution < 1.29 is 0 Å². The van der Waals surface area contributed by atoms with Gasteiger partial charge in [-0.3, -0.25) is 4.40 Å². The molecule has 4 rings (SSSR count). The summed E-state index contributed by atoms with van der Waals surface area (Å²) < 4.78 is 1.92. The van der Waals surface area contributed by atoms with Crippen LogP contribution in [0, 0.1) is 18.3 Å². The molecule has 2 heterocycles. The fraction of sp³-hybridized carbons (Fsp3) is 0.0625. The van der Waals surface area contributed by atoms with E-state index in [-0.39, 0.29) is 0 Å². The van der Waals surface area contributed by atoms with Crippen molar-refractivity contribution in [1.82, 2.24) is 14.6 Å². The van der Waals surface area contributed by atoms with E-state index in [4.69, 9.17) is 0 Å². The number of nitrogens with zero attached hydrogens (tertiary/aromatic N) is 4. The standard InChI is InChI=1S/C16H10N4/c1-10-5-4-8-13-15(10)20-14(9-17)11-6-2-3-7-12(11)16(20)19-18-13/h2-8H,1H3. The molecule has 0 radical (unpaired) electrons. The van der Waals surface area contributed by atoms with Crippen LogP contribution in [0.2, 0.25) is 0 Å². The molecular weight excluding hydrogens is 248 g/mol. The van der Waals surface area contributed by atoms with Gasteiger partial charge in [0.2, 0.25) is 0 Å². The molecular formula is C16H10N4. The maximum atomic E-state index is 9.55. The molecule has 0 bridgehead atoms. The normalized spacial score (nSPS) is 11.2. The largest absolute Gasteiger partial charge is 0.281 e. The van der Waals surface area contributed by atoms with Gasteiger partial charge in [-0.15, -0.1) is 10.2 Å². The molecule has 0 aliphatic rings. The second-order valence-corrected chi connectivity index (χ2v) is 4.81. The van der Waals surface area contributed by atoms with Crippen LogP contribution in [-0.2, 0) is 0 Å². The Morgan fingerprint density at radius 2 is 1.80 bits per heavy atom. The van der Waals surface area contributed by atoms with E-state index in [9.17, 15) is 5.26 Å². The second kappa shape index (κ2) is 3.78. The summed E-state index contributed by atoms with van der Waals surface area (Å²) in [5.41, 5.74) is 4.18. The van der Waals surface area contributed by atoms with E-state index in [1.807, 2.05) is 53.8 Å². The maximum absolute atomic E-state index is 9.55. The number of rotatable bonds is 0. The average molecular weight is 258 g/mol. The van der Waals surface area contributed by atoms with Crippen molar-refractivity contribution in [2.24, 2.45) is 0 Å². The van der Waals surface area contributed by atoms with Crippen molar-refractivity contribution in [3.63, 3.8) is 0 Å². The summed E-state index contributed by atoms with van der Waals surface area (Å²) >= 11 is 0. The Balaban J connectivity index is 2.43.